The van der Waals surface area contributed by atoms with Gasteiger partial charge in [-0.1, -0.05) is 74.7 Å². The first-order valence-corrected chi connectivity index (χ1v) is 8.64. The van der Waals surface area contributed by atoms with Gasteiger partial charge in [0.25, 0.3) is 0 Å². The van der Waals surface area contributed by atoms with Crippen LogP contribution in [-0.2, 0) is 12.8 Å². The third kappa shape index (κ3) is 2.75. The molecule has 0 spiro atoms. The Kier molecular flexibility index (Phi) is 4.47. The Bertz CT molecular complexity index is 686. The zero-order valence-corrected chi connectivity index (χ0v) is 14.1. The number of benzene rings is 2. The number of hydrogen-bond donors (Lipinski definition) is 0. The topological polar surface area (TPSA) is 0 Å². The Labute approximate surface area is 134 Å². The highest BCUT2D eigenvalue weighted by molar-refractivity contribution is 5.98. The number of aryl methyl sites for hydroxylation is 2. The number of hydrogen-bond acceptors (Lipinski definition) is 0. The number of allylic oxidation sites excluding steroid dienone is 2. The molecule has 0 amide bonds. The second-order valence-electron chi connectivity index (χ2n) is 6.45. The molecule has 0 radical (unpaired) electrons. The van der Waals surface area contributed by atoms with Crippen molar-refractivity contribution >= 4 is 11.1 Å². The molecular formula is C22H26. The van der Waals surface area contributed by atoms with E-state index in [1.165, 1.54) is 42.4 Å². The molecule has 0 heteroatoms. The van der Waals surface area contributed by atoms with Crippen LogP contribution in [0.5, 0.6) is 0 Å². The van der Waals surface area contributed by atoms with Crippen LogP contribution in [0, 0.1) is 6.92 Å². The predicted octanol–water partition coefficient (Wildman–Crippen LogP) is 6.21. The van der Waals surface area contributed by atoms with Gasteiger partial charge in [0.2, 0.25) is 0 Å². The lowest BCUT2D eigenvalue weighted by Crippen LogP contribution is -1.94. The van der Waals surface area contributed by atoms with Crippen LogP contribution in [-0.4, -0.2) is 0 Å². The Morgan fingerprint density at radius 3 is 2.27 bits per heavy atom. The first-order valence-electron chi connectivity index (χ1n) is 8.64. The predicted molar refractivity (Wildman–Crippen MR) is 97.0 cm³/mol. The molecule has 0 saturated carbocycles. The third-order valence-corrected chi connectivity index (χ3v) is 4.69. The summed E-state index contributed by atoms with van der Waals surface area (Å²) in [7, 11) is 0. The molecule has 1 aliphatic carbocycles. The van der Waals surface area contributed by atoms with Gasteiger partial charge in [-0.3, -0.25) is 0 Å². The molecule has 0 heterocycles. The van der Waals surface area contributed by atoms with Crippen LogP contribution in [0.4, 0.5) is 0 Å². The van der Waals surface area contributed by atoms with Crippen molar-refractivity contribution in [2.75, 3.05) is 0 Å². The fourth-order valence-corrected chi connectivity index (χ4v) is 3.67. The van der Waals surface area contributed by atoms with Gasteiger partial charge in [-0.05, 0) is 59.6 Å². The molecule has 3 rings (SSSR count). The molecule has 0 bridgehead atoms. The summed E-state index contributed by atoms with van der Waals surface area (Å²) in [6, 6.07) is 16.0. The maximum atomic E-state index is 2.33. The standard InChI is InChI=1S/C22H26/c1-4-7-18-9-6-10-19-15-21(20(8-5-2)22(18)19)17-13-11-16(3)12-14-17/h6,9-14H,4-5,7-8,15H2,1-3H3. The Morgan fingerprint density at radius 1 is 0.864 bits per heavy atom. The summed E-state index contributed by atoms with van der Waals surface area (Å²) >= 11 is 0. The second-order valence-corrected chi connectivity index (χ2v) is 6.45. The molecule has 0 nitrogen and oxygen atoms in total. The summed E-state index contributed by atoms with van der Waals surface area (Å²) in [4.78, 5) is 0. The minimum absolute atomic E-state index is 1.10. The Morgan fingerprint density at radius 2 is 1.59 bits per heavy atom. The van der Waals surface area contributed by atoms with E-state index in [1.807, 2.05) is 0 Å². The molecule has 0 fully saturated rings. The van der Waals surface area contributed by atoms with Gasteiger partial charge in [-0.25, -0.2) is 0 Å². The second kappa shape index (κ2) is 6.52. The smallest absolute Gasteiger partial charge is 0.00107 e. The maximum Gasteiger partial charge on any atom is -0.00107 e. The van der Waals surface area contributed by atoms with E-state index >= 15 is 0 Å². The largest absolute Gasteiger partial charge is 0.0651 e. The van der Waals surface area contributed by atoms with Crippen molar-refractivity contribution in [1.29, 1.82) is 0 Å². The van der Waals surface area contributed by atoms with Crippen molar-refractivity contribution in [3.05, 3.63) is 70.3 Å². The van der Waals surface area contributed by atoms with Crippen LogP contribution in [0.2, 0.25) is 0 Å². The molecule has 1 aliphatic rings. The molecule has 0 N–H and O–H groups in total. The minimum atomic E-state index is 1.10. The van der Waals surface area contributed by atoms with Gasteiger partial charge < -0.3 is 0 Å². The molecule has 2 aromatic carbocycles. The number of fused-ring (bicyclic) bond motifs is 1. The highest BCUT2D eigenvalue weighted by Gasteiger charge is 2.23. The first kappa shape index (κ1) is 15.1. The van der Waals surface area contributed by atoms with Crippen LogP contribution in [0.25, 0.3) is 11.1 Å². The average molecular weight is 290 g/mol. The molecule has 0 unspecified atom stereocenters. The average Bonchev–Trinajstić information content (AvgIpc) is 2.89. The molecule has 114 valence electrons. The first-order chi connectivity index (χ1) is 10.7. The summed E-state index contributed by atoms with van der Waals surface area (Å²) in [6.07, 6.45) is 5.92. The third-order valence-electron chi connectivity index (χ3n) is 4.69. The van der Waals surface area contributed by atoms with Gasteiger partial charge in [0.1, 0.15) is 0 Å². The zero-order chi connectivity index (χ0) is 15.5. The van der Waals surface area contributed by atoms with Crippen molar-refractivity contribution < 1.29 is 0 Å². The molecule has 0 atom stereocenters. The van der Waals surface area contributed by atoms with E-state index in [0.29, 0.717) is 0 Å². The number of rotatable bonds is 5. The Balaban J connectivity index is 2.11. The van der Waals surface area contributed by atoms with Crippen molar-refractivity contribution in [1.82, 2.24) is 0 Å². The molecule has 0 aliphatic heterocycles. The molecule has 0 aromatic heterocycles. The molecule has 0 saturated heterocycles. The fraction of sp³-hybridized carbons (Fsp3) is 0.364. The van der Waals surface area contributed by atoms with Crippen LogP contribution >= 0.6 is 0 Å². The molecule has 22 heavy (non-hydrogen) atoms. The van der Waals surface area contributed by atoms with E-state index < -0.39 is 0 Å². The summed E-state index contributed by atoms with van der Waals surface area (Å²) in [5, 5.41) is 0. The van der Waals surface area contributed by atoms with E-state index in [2.05, 4.69) is 63.2 Å². The minimum Gasteiger partial charge on any atom is -0.0651 e. The van der Waals surface area contributed by atoms with Gasteiger partial charge in [0.15, 0.2) is 0 Å². The van der Waals surface area contributed by atoms with Crippen molar-refractivity contribution in [2.24, 2.45) is 0 Å². The van der Waals surface area contributed by atoms with Crippen LogP contribution < -0.4 is 0 Å². The normalized spacial score (nSPS) is 13.6. The SMILES string of the molecule is CCCC1=C(c2ccc(C)cc2)Cc2cccc(CCC)c21. The highest BCUT2D eigenvalue weighted by Crippen LogP contribution is 2.42. The quantitative estimate of drug-likeness (QED) is 0.613. The lowest BCUT2D eigenvalue weighted by atomic mass is 9.92. The monoisotopic (exact) mass is 290 g/mol. The van der Waals surface area contributed by atoms with Crippen molar-refractivity contribution in [3.8, 4) is 0 Å². The Hall–Kier alpha value is -1.82. The maximum absolute atomic E-state index is 2.33. The summed E-state index contributed by atoms with van der Waals surface area (Å²) in [5.41, 5.74) is 10.6. The van der Waals surface area contributed by atoms with E-state index in [1.54, 1.807) is 22.3 Å². The molecule has 2 aromatic rings. The van der Waals surface area contributed by atoms with Crippen LogP contribution in [0.15, 0.2) is 42.5 Å². The lowest BCUT2D eigenvalue weighted by Gasteiger charge is -2.12. The zero-order valence-electron chi connectivity index (χ0n) is 14.1. The summed E-state index contributed by atoms with van der Waals surface area (Å²) < 4.78 is 0. The van der Waals surface area contributed by atoms with Gasteiger partial charge in [-0.2, -0.15) is 0 Å². The van der Waals surface area contributed by atoms with E-state index in [9.17, 15) is 0 Å². The lowest BCUT2D eigenvalue weighted by molar-refractivity contribution is 0.910. The van der Waals surface area contributed by atoms with Crippen LogP contribution in [0.3, 0.4) is 0 Å². The van der Waals surface area contributed by atoms with Gasteiger partial charge in [0.05, 0.1) is 0 Å². The van der Waals surface area contributed by atoms with E-state index in [4.69, 9.17) is 0 Å². The van der Waals surface area contributed by atoms with Gasteiger partial charge in [-0.15, -0.1) is 0 Å². The summed E-state index contributed by atoms with van der Waals surface area (Å²) in [5.74, 6) is 0. The van der Waals surface area contributed by atoms with Crippen molar-refractivity contribution in [2.45, 2.75) is 52.9 Å². The fourth-order valence-electron chi connectivity index (χ4n) is 3.67. The van der Waals surface area contributed by atoms with E-state index in [-0.39, 0.29) is 0 Å². The van der Waals surface area contributed by atoms with E-state index in [0.717, 1.165) is 6.42 Å². The van der Waals surface area contributed by atoms with Gasteiger partial charge in [0, 0.05) is 0 Å². The molecular weight excluding hydrogens is 264 g/mol. The van der Waals surface area contributed by atoms with Gasteiger partial charge >= 0.3 is 0 Å². The van der Waals surface area contributed by atoms with Crippen molar-refractivity contribution in [3.63, 3.8) is 0 Å². The summed E-state index contributed by atoms with van der Waals surface area (Å²) in [6.45, 7) is 6.73. The van der Waals surface area contributed by atoms with Crippen LogP contribution in [0.1, 0.15) is 60.9 Å². The highest BCUT2D eigenvalue weighted by atomic mass is 14.3.